The second kappa shape index (κ2) is 10.6. The zero-order valence-corrected chi connectivity index (χ0v) is 18.9. The van der Waals surface area contributed by atoms with Crippen molar-refractivity contribution in [1.82, 2.24) is 14.5 Å². The summed E-state index contributed by atoms with van der Waals surface area (Å²) in [6.07, 6.45) is 4.28. The van der Waals surface area contributed by atoms with Crippen LogP contribution in [0.1, 0.15) is 17.5 Å². The fourth-order valence-corrected chi connectivity index (χ4v) is 3.20. The van der Waals surface area contributed by atoms with Crippen LogP contribution in [0, 0.1) is 0 Å². The number of H-pyrrole nitrogens is 1. The summed E-state index contributed by atoms with van der Waals surface area (Å²) in [6, 6.07) is 14.7. The minimum Gasteiger partial charge on any atom is -0.497 e. The van der Waals surface area contributed by atoms with Crippen molar-refractivity contribution in [3.63, 3.8) is 0 Å². The number of rotatable bonds is 8. The molecule has 1 N–H and O–H groups in total. The maximum Gasteiger partial charge on any atom is 0.274 e. The van der Waals surface area contributed by atoms with Gasteiger partial charge in [-0.25, -0.2) is 0 Å². The predicted octanol–water partition coefficient (Wildman–Crippen LogP) is 1.07. The summed E-state index contributed by atoms with van der Waals surface area (Å²) in [5.41, 5.74) is 0.970. The highest BCUT2D eigenvalue weighted by Crippen LogP contribution is 2.13. The Balaban J connectivity index is 1.85. The number of ether oxygens (including phenoxy) is 2. The Labute approximate surface area is 186 Å². The second-order valence-electron chi connectivity index (χ2n) is 7.75. The van der Waals surface area contributed by atoms with Crippen LogP contribution in [0.15, 0.2) is 58.1 Å². The maximum atomic E-state index is 12.8. The smallest absolute Gasteiger partial charge is 0.274 e. The highest BCUT2D eigenvalue weighted by molar-refractivity contribution is 5.51. The van der Waals surface area contributed by atoms with E-state index < -0.39 is 0 Å². The minimum absolute atomic E-state index is 0.226. The van der Waals surface area contributed by atoms with Crippen LogP contribution in [-0.2, 0) is 7.05 Å². The largest absolute Gasteiger partial charge is 0.497 e. The molecule has 0 radical (unpaired) electrons. The summed E-state index contributed by atoms with van der Waals surface area (Å²) in [7, 11) is 7.25. The Morgan fingerprint density at radius 2 is 1.53 bits per heavy atom. The third-order valence-electron chi connectivity index (χ3n) is 5.01. The molecule has 0 aliphatic rings. The summed E-state index contributed by atoms with van der Waals surface area (Å²) >= 11 is 0. The molecular weight excluding hydrogens is 406 g/mol. The van der Waals surface area contributed by atoms with E-state index in [2.05, 4.69) is 9.88 Å². The first-order valence-corrected chi connectivity index (χ1v) is 10.4. The van der Waals surface area contributed by atoms with Crippen LogP contribution in [0.3, 0.4) is 0 Å². The number of aromatic amines is 1. The topological polar surface area (TPSA) is 76.6 Å². The van der Waals surface area contributed by atoms with Crippen LogP contribution in [0.25, 0.3) is 12.2 Å². The number of benzene rings is 2. The lowest BCUT2D eigenvalue weighted by atomic mass is 10.2. The number of nitrogens with one attached hydrogen (secondary N) is 1. The Morgan fingerprint density at radius 1 is 0.938 bits per heavy atom. The van der Waals surface area contributed by atoms with Gasteiger partial charge in [0.25, 0.3) is 11.1 Å². The fourth-order valence-electron chi connectivity index (χ4n) is 3.20. The molecule has 0 saturated heterocycles. The van der Waals surface area contributed by atoms with Gasteiger partial charge in [-0.1, -0.05) is 24.3 Å². The van der Waals surface area contributed by atoms with Gasteiger partial charge >= 0.3 is 0 Å². The number of nitrogens with zero attached hydrogens (tertiary/aromatic N) is 2. The monoisotopic (exact) mass is 435 g/mol. The maximum absolute atomic E-state index is 12.8. The van der Waals surface area contributed by atoms with E-state index in [9.17, 15) is 9.59 Å². The van der Waals surface area contributed by atoms with Crippen molar-refractivity contribution >= 4 is 12.2 Å². The van der Waals surface area contributed by atoms with Crippen LogP contribution in [0.2, 0.25) is 0 Å². The minimum atomic E-state index is -0.338. The second-order valence-corrected chi connectivity index (χ2v) is 7.75. The van der Waals surface area contributed by atoms with E-state index in [0.717, 1.165) is 35.6 Å². The van der Waals surface area contributed by atoms with E-state index in [-0.39, 0.29) is 21.8 Å². The summed E-state index contributed by atoms with van der Waals surface area (Å²) in [4.78, 5) is 30.3. The van der Waals surface area contributed by atoms with Crippen LogP contribution < -0.4 is 31.3 Å². The molecule has 0 fully saturated rings. The molecule has 0 unspecified atom stereocenters. The summed E-state index contributed by atoms with van der Waals surface area (Å²) in [5, 5.41) is 0.503. The molecule has 32 heavy (non-hydrogen) atoms. The molecule has 7 heteroatoms. The van der Waals surface area contributed by atoms with Crippen molar-refractivity contribution in [2.75, 3.05) is 34.4 Å². The van der Waals surface area contributed by atoms with E-state index >= 15 is 0 Å². The van der Waals surface area contributed by atoms with Crippen LogP contribution in [0.4, 0.5) is 0 Å². The van der Waals surface area contributed by atoms with Gasteiger partial charge in [0.05, 0.1) is 13.7 Å². The average molecular weight is 436 g/mol. The van der Waals surface area contributed by atoms with E-state index in [4.69, 9.17) is 9.47 Å². The number of hydrogen-bond acceptors (Lipinski definition) is 5. The Kier molecular flexibility index (Phi) is 7.68. The van der Waals surface area contributed by atoms with E-state index in [1.807, 2.05) is 50.5 Å². The molecule has 0 bridgehead atoms. The molecule has 0 atom stereocenters. The van der Waals surface area contributed by atoms with Gasteiger partial charge in [0.1, 0.15) is 22.2 Å². The molecule has 3 aromatic rings. The zero-order valence-electron chi connectivity index (χ0n) is 18.9. The molecule has 168 valence electrons. The van der Waals surface area contributed by atoms with Gasteiger partial charge < -0.3 is 23.9 Å². The van der Waals surface area contributed by atoms with E-state index in [0.29, 0.717) is 6.61 Å². The zero-order chi connectivity index (χ0) is 23.1. The number of hydrogen-bond donors (Lipinski definition) is 1. The SMILES string of the molecule is COc1ccc(/C=c2/c(=O)[nH]/c(=C\c3ccc(OCCCN(C)C)cc3)c(=O)n2C)cc1. The first kappa shape index (κ1) is 23.1. The average Bonchev–Trinajstić information content (AvgIpc) is 2.79. The highest BCUT2D eigenvalue weighted by Gasteiger charge is 2.03. The molecule has 0 aliphatic carbocycles. The predicted molar refractivity (Wildman–Crippen MR) is 127 cm³/mol. The molecule has 1 aromatic heterocycles. The molecule has 3 rings (SSSR count). The van der Waals surface area contributed by atoms with Gasteiger partial charge in [-0.2, -0.15) is 0 Å². The fraction of sp³-hybridized carbons (Fsp3) is 0.280. The first-order chi connectivity index (χ1) is 15.4. The van der Waals surface area contributed by atoms with Gasteiger partial charge in [0.15, 0.2) is 0 Å². The van der Waals surface area contributed by atoms with Gasteiger partial charge in [0, 0.05) is 13.6 Å². The lowest BCUT2D eigenvalue weighted by Gasteiger charge is -2.10. The molecule has 0 spiro atoms. The van der Waals surface area contributed by atoms with Crippen molar-refractivity contribution < 1.29 is 9.47 Å². The van der Waals surface area contributed by atoms with Gasteiger partial charge in [-0.05, 0) is 68.1 Å². The van der Waals surface area contributed by atoms with E-state index in [1.54, 1.807) is 38.4 Å². The normalized spacial score (nSPS) is 12.4. The Bertz CT molecular complexity index is 1270. The van der Waals surface area contributed by atoms with Crippen molar-refractivity contribution in [3.8, 4) is 11.5 Å². The van der Waals surface area contributed by atoms with Crippen molar-refractivity contribution in [3.05, 3.63) is 91.1 Å². The van der Waals surface area contributed by atoms with Crippen LogP contribution in [0.5, 0.6) is 11.5 Å². The molecule has 7 nitrogen and oxygen atoms in total. The van der Waals surface area contributed by atoms with Crippen LogP contribution >= 0.6 is 0 Å². The number of aromatic nitrogens is 2. The molecular formula is C25H29N3O4. The van der Waals surface area contributed by atoms with Crippen molar-refractivity contribution in [2.45, 2.75) is 6.42 Å². The third kappa shape index (κ3) is 5.98. The third-order valence-corrected chi connectivity index (χ3v) is 5.01. The molecule has 0 saturated carbocycles. The van der Waals surface area contributed by atoms with Crippen molar-refractivity contribution in [1.29, 1.82) is 0 Å². The van der Waals surface area contributed by atoms with Gasteiger partial charge in [-0.3, -0.25) is 9.59 Å². The van der Waals surface area contributed by atoms with Crippen molar-refractivity contribution in [2.24, 2.45) is 7.05 Å². The molecule has 2 aromatic carbocycles. The lowest BCUT2D eigenvalue weighted by Crippen LogP contribution is -2.52. The summed E-state index contributed by atoms with van der Waals surface area (Å²) in [5.74, 6) is 1.49. The molecule has 0 amide bonds. The molecule has 1 heterocycles. The van der Waals surface area contributed by atoms with Gasteiger partial charge in [-0.15, -0.1) is 0 Å². The Hall–Kier alpha value is -3.58. The van der Waals surface area contributed by atoms with Crippen LogP contribution in [-0.4, -0.2) is 48.8 Å². The first-order valence-electron chi connectivity index (χ1n) is 10.4. The Morgan fingerprint density at radius 3 is 2.12 bits per heavy atom. The van der Waals surface area contributed by atoms with E-state index in [1.165, 1.54) is 4.57 Å². The standard InChI is InChI=1S/C25H29N3O4/c1-27(2)14-5-15-32-21-12-8-18(9-13-21)16-22-25(30)28(3)23(24(29)26-22)17-19-6-10-20(31-4)11-7-19/h6-13,16-17H,5,14-15H2,1-4H3,(H,26,29)/b22-16-,23-17-. The quantitative estimate of drug-likeness (QED) is 0.536. The summed E-state index contributed by atoms with van der Waals surface area (Å²) < 4.78 is 12.2. The summed E-state index contributed by atoms with van der Waals surface area (Å²) in [6.45, 7) is 1.61. The molecule has 0 aliphatic heterocycles. The number of methoxy groups -OCH3 is 1. The van der Waals surface area contributed by atoms with Gasteiger partial charge in [0.2, 0.25) is 0 Å². The lowest BCUT2D eigenvalue weighted by molar-refractivity contribution is 0.281. The highest BCUT2D eigenvalue weighted by atomic mass is 16.5.